The summed E-state index contributed by atoms with van der Waals surface area (Å²) in [4.78, 5) is 12.0. The third kappa shape index (κ3) is 13.9. The van der Waals surface area contributed by atoms with Crippen molar-refractivity contribution < 1.29 is 69.0 Å². The highest BCUT2D eigenvalue weighted by Gasteiger charge is 2.47. The van der Waals surface area contributed by atoms with Crippen molar-refractivity contribution in [1.29, 1.82) is 0 Å². The van der Waals surface area contributed by atoms with E-state index in [1.54, 1.807) is 6.92 Å². The van der Waals surface area contributed by atoms with Crippen molar-refractivity contribution in [2.75, 3.05) is 33.0 Å². The lowest BCUT2D eigenvalue weighted by molar-refractivity contribution is -0.332. The fourth-order valence-corrected chi connectivity index (χ4v) is 5.26. The van der Waals surface area contributed by atoms with Crippen LogP contribution in [0.15, 0.2) is 0 Å². The number of carbonyl (C=O) groups excluding carboxylic acids is 1. The maximum atomic E-state index is 12.0. The molecule has 0 aromatic rings. The lowest BCUT2D eigenvalue weighted by Gasteiger charge is -2.42. The van der Waals surface area contributed by atoms with Gasteiger partial charge in [0, 0.05) is 13.0 Å². The molecule has 266 valence electrons. The Bertz CT molecular complexity index is 773. The first-order valence-electron chi connectivity index (χ1n) is 16.6. The smallest absolute Gasteiger partial charge is 0.305 e. The summed E-state index contributed by atoms with van der Waals surface area (Å²) in [5.41, 5.74) is 0. The summed E-state index contributed by atoms with van der Waals surface area (Å²) in [6.45, 7) is 3.06. The Balaban J connectivity index is 1.77. The quantitative estimate of drug-likeness (QED) is 0.0582. The van der Waals surface area contributed by atoms with Crippen LogP contribution in [0.5, 0.6) is 0 Å². The molecule has 2 fully saturated rings. The Morgan fingerprint density at radius 3 is 1.71 bits per heavy atom. The average Bonchev–Trinajstić information content (AvgIpc) is 3.04. The highest BCUT2D eigenvalue weighted by molar-refractivity contribution is 5.69. The van der Waals surface area contributed by atoms with Crippen molar-refractivity contribution in [3.63, 3.8) is 0 Å². The SMILES string of the molecule is CCCCCCCCCCCCCOCC(COC1OC(COC2OC(CO)C(O)C(O)C2O)C(O)C(O)C1O)OC(=O)CC. The molecule has 14 heteroatoms. The van der Waals surface area contributed by atoms with E-state index in [4.69, 9.17) is 28.4 Å². The molecule has 2 aliphatic rings. The molecule has 14 nitrogen and oxygen atoms in total. The molecule has 45 heavy (non-hydrogen) atoms. The predicted octanol–water partition coefficient (Wildman–Crippen LogP) is 0.277. The zero-order valence-corrected chi connectivity index (χ0v) is 26.9. The minimum absolute atomic E-state index is 0.0567. The molecule has 0 radical (unpaired) electrons. The number of ether oxygens (including phenoxy) is 6. The molecule has 7 N–H and O–H groups in total. The van der Waals surface area contributed by atoms with Gasteiger partial charge in [0.2, 0.25) is 0 Å². The topological polar surface area (TPSA) is 214 Å². The number of esters is 1. The second-order valence-electron chi connectivity index (χ2n) is 12.0. The van der Waals surface area contributed by atoms with E-state index in [-0.39, 0.29) is 19.6 Å². The van der Waals surface area contributed by atoms with Gasteiger partial charge >= 0.3 is 5.97 Å². The fraction of sp³-hybridized carbons (Fsp3) is 0.968. The first-order chi connectivity index (χ1) is 21.6. The van der Waals surface area contributed by atoms with Gasteiger partial charge in [0.05, 0.1) is 26.4 Å². The van der Waals surface area contributed by atoms with Gasteiger partial charge in [-0.25, -0.2) is 0 Å². The summed E-state index contributed by atoms with van der Waals surface area (Å²) in [6, 6.07) is 0. The average molecular weight is 655 g/mol. The van der Waals surface area contributed by atoms with Crippen molar-refractivity contribution >= 4 is 5.97 Å². The van der Waals surface area contributed by atoms with E-state index in [2.05, 4.69) is 6.92 Å². The van der Waals surface area contributed by atoms with Crippen LogP contribution in [-0.4, -0.2) is 142 Å². The summed E-state index contributed by atoms with van der Waals surface area (Å²) < 4.78 is 33.1. The van der Waals surface area contributed by atoms with Crippen LogP contribution in [0.1, 0.15) is 90.9 Å². The molecular formula is C31H58O14. The van der Waals surface area contributed by atoms with Crippen LogP contribution >= 0.6 is 0 Å². The molecule has 2 heterocycles. The summed E-state index contributed by atoms with van der Waals surface area (Å²) in [5.74, 6) is -0.465. The van der Waals surface area contributed by atoms with Gasteiger partial charge in [-0.3, -0.25) is 4.79 Å². The summed E-state index contributed by atoms with van der Waals surface area (Å²) in [7, 11) is 0. The Labute approximate surface area is 266 Å². The Morgan fingerprint density at radius 2 is 1.16 bits per heavy atom. The van der Waals surface area contributed by atoms with Crippen LogP contribution < -0.4 is 0 Å². The maximum absolute atomic E-state index is 12.0. The van der Waals surface area contributed by atoms with Crippen LogP contribution in [0.3, 0.4) is 0 Å². The van der Waals surface area contributed by atoms with Gasteiger partial charge in [0.1, 0.15) is 54.9 Å². The normalized spacial score (nSPS) is 32.8. The molecule has 2 aliphatic heterocycles. The Morgan fingerprint density at radius 1 is 0.644 bits per heavy atom. The molecule has 11 atom stereocenters. The second kappa shape index (κ2) is 22.5. The van der Waals surface area contributed by atoms with Gasteiger partial charge in [-0.15, -0.1) is 0 Å². The van der Waals surface area contributed by atoms with Crippen molar-refractivity contribution in [2.45, 2.75) is 158 Å². The largest absolute Gasteiger partial charge is 0.457 e. The maximum Gasteiger partial charge on any atom is 0.305 e. The van der Waals surface area contributed by atoms with Gasteiger partial charge in [-0.2, -0.15) is 0 Å². The Hall–Kier alpha value is -1.01. The highest BCUT2D eigenvalue weighted by atomic mass is 16.7. The fourth-order valence-electron chi connectivity index (χ4n) is 5.26. The standard InChI is InChI=1S/C31H58O14/c1-3-5-6-7-8-9-10-11-12-13-14-15-40-17-20(43-23(33)4-2)18-41-30-29(39)27(37)25(35)22(45-30)19-42-31-28(38)26(36)24(34)21(16-32)44-31/h20-22,24-32,34-39H,3-19H2,1-2H3. The van der Waals surface area contributed by atoms with Crippen LogP contribution in [0.2, 0.25) is 0 Å². The number of hydrogen-bond acceptors (Lipinski definition) is 14. The van der Waals surface area contributed by atoms with Crippen molar-refractivity contribution in [2.24, 2.45) is 0 Å². The van der Waals surface area contributed by atoms with E-state index < -0.39 is 86.7 Å². The van der Waals surface area contributed by atoms with Gasteiger partial charge in [0.25, 0.3) is 0 Å². The molecular weight excluding hydrogens is 596 g/mol. The van der Waals surface area contributed by atoms with Gasteiger partial charge in [-0.1, -0.05) is 78.1 Å². The third-order valence-corrected chi connectivity index (χ3v) is 8.17. The van der Waals surface area contributed by atoms with Crippen molar-refractivity contribution in [1.82, 2.24) is 0 Å². The molecule has 0 aromatic heterocycles. The molecule has 0 bridgehead atoms. The predicted molar refractivity (Wildman–Crippen MR) is 160 cm³/mol. The molecule has 2 saturated heterocycles. The van der Waals surface area contributed by atoms with Crippen LogP contribution in [0.4, 0.5) is 0 Å². The molecule has 0 amide bonds. The first kappa shape index (κ1) is 40.2. The third-order valence-electron chi connectivity index (χ3n) is 8.17. The van der Waals surface area contributed by atoms with Crippen molar-refractivity contribution in [3.8, 4) is 0 Å². The lowest BCUT2D eigenvalue weighted by Crippen LogP contribution is -2.61. The molecule has 2 rings (SSSR count). The van der Waals surface area contributed by atoms with E-state index >= 15 is 0 Å². The molecule has 0 spiro atoms. The minimum Gasteiger partial charge on any atom is -0.457 e. The number of aliphatic hydroxyl groups excluding tert-OH is 7. The zero-order valence-electron chi connectivity index (χ0n) is 26.9. The summed E-state index contributed by atoms with van der Waals surface area (Å²) in [6.07, 6.45) is -2.61. The number of rotatable bonds is 23. The number of hydrogen-bond donors (Lipinski definition) is 7. The van der Waals surface area contributed by atoms with Crippen molar-refractivity contribution in [3.05, 3.63) is 0 Å². The number of carbonyl (C=O) groups is 1. The first-order valence-corrected chi connectivity index (χ1v) is 16.6. The lowest BCUT2D eigenvalue weighted by atomic mass is 9.98. The summed E-state index contributed by atoms with van der Waals surface area (Å²) >= 11 is 0. The van der Waals surface area contributed by atoms with Crippen LogP contribution in [0, 0.1) is 0 Å². The molecule has 0 aliphatic carbocycles. The zero-order chi connectivity index (χ0) is 33.2. The van der Waals surface area contributed by atoms with E-state index in [9.17, 15) is 40.5 Å². The number of unbranched alkanes of at least 4 members (excludes halogenated alkanes) is 10. The molecule has 0 aromatic carbocycles. The van der Waals surface area contributed by atoms with E-state index in [0.29, 0.717) is 6.61 Å². The molecule has 11 unspecified atom stereocenters. The second-order valence-corrected chi connectivity index (χ2v) is 12.0. The monoisotopic (exact) mass is 654 g/mol. The van der Waals surface area contributed by atoms with Gasteiger partial charge in [0.15, 0.2) is 12.6 Å². The summed E-state index contributed by atoms with van der Waals surface area (Å²) in [5, 5.41) is 70.7. The van der Waals surface area contributed by atoms with E-state index in [0.717, 1.165) is 19.3 Å². The Kier molecular flexibility index (Phi) is 20.1. The number of aliphatic hydroxyl groups is 7. The van der Waals surface area contributed by atoms with Crippen LogP contribution in [0.25, 0.3) is 0 Å². The van der Waals surface area contributed by atoms with Crippen LogP contribution in [-0.2, 0) is 33.2 Å². The van der Waals surface area contributed by atoms with Gasteiger partial charge in [-0.05, 0) is 6.42 Å². The van der Waals surface area contributed by atoms with E-state index in [1.165, 1.54) is 51.4 Å². The van der Waals surface area contributed by atoms with Gasteiger partial charge < -0.3 is 64.2 Å². The van der Waals surface area contributed by atoms with E-state index in [1.807, 2.05) is 0 Å². The molecule has 0 saturated carbocycles. The highest BCUT2D eigenvalue weighted by Crippen LogP contribution is 2.26. The minimum atomic E-state index is -1.69.